The van der Waals surface area contributed by atoms with Crippen molar-refractivity contribution in [2.24, 2.45) is 0 Å². The Morgan fingerprint density at radius 3 is 2.82 bits per heavy atom. The van der Waals surface area contributed by atoms with Gasteiger partial charge in [0, 0.05) is 15.8 Å². The van der Waals surface area contributed by atoms with Gasteiger partial charge < -0.3 is 4.74 Å². The van der Waals surface area contributed by atoms with Crippen LogP contribution in [0.25, 0.3) is 21.3 Å². The molecule has 112 valence electrons. The number of nitro groups is 1. The first-order chi connectivity index (χ1) is 10.7. The zero-order chi connectivity index (χ0) is 15.7. The van der Waals surface area contributed by atoms with Crippen LogP contribution in [-0.4, -0.2) is 17.0 Å². The molecule has 6 heteroatoms. The molecule has 22 heavy (non-hydrogen) atoms. The zero-order valence-electron chi connectivity index (χ0n) is 12.2. The largest absolute Gasteiger partial charge is 0.496 e. The van der Waals surface area contributed by atoms with Gasteiger partial charge in [-0.2, -0.15) is 0 Å². The number of methoxy groups -OCH3 is 1. The van der Waals surface area contributed by atoms with E-state index >= 15 is 0 Å². The summed E-state index contributed by atoms with van der Waals surface area (Å²) in [4.78, 5) is 17.3. The van der Waals surface area contributed by atoms with Crippen molar-refractivity contribution in [2.75, 3.05) is 7.11 Å². The van der Waals surface area contributed by atoms with Crippen LogP contribution in [0.2, 0.25) is 0 Å². The Kier molecular flexibility index (Phi) is 3.77. The van der Waals surface area contributed by atoms with Gasteiger partial charge in [-0.05, 0) is 18.6 Å². The molecular formula is C16H14N2O3S. The summed E-state index contributed by atoms with van der Waals surface area (Å²) in [6.07, 6.45) is 2.21. The number of ether oxygens (including phenoxy) is 1. The van der Waals surface area contributed by atoms with Crippen LogP contribution < -0.4 is 4.74 Å². The number of para-hydroxylation sites is 1. The number of rotatable bonds is 4. The van der Waals surface area contributed by atoms with Gasteiger partial charge in [0.2, 0.25) is 0 Å². The fourth-order valence-corrected chi connectivity index (χ4v) is 3.42. The number of fused-ring (bicyclic) bond motifs is 1. The minimum absolute atomic E-state index is 0.00236. The summed E-state index contributed by atoms with van der Waals surface area (Å²) in [6, 6.07) is 9.32. The maximum absolute atomic E-state index is 11.4. The number of aryl methyl sites for hydroxylation is 1. The number of benzene rings is 1. The van der Waals surface area contributed by atoms with E-state index in [0.29, 0.717) is 16.9 Å². The molecule has 5 nitrogen and oxygen atoms in total. The van der Waals surface area contributed by atoms with Crippen LogP contribution in [0.15, 0.2) is 36.5 Å². The lowest BCUT2D eigenvalue weighted by Gasteiger charge is -2.09. The predicted molar refractivity (Wildman–Crippen MR) is 87.6 cm³/mol. The molecule has 1 aromatic carbocycles. The Labute approximate surface area is 131 Å². The summed E-state index contributed by atoms with van der Waals surface area (Å²) in [5, 5.41) is 12.2. The lowest BCUT2D eigenvalue weighted by atomic mass is 10.0. The molecule has 0 aliphatic carbocycles. The molecule has 0 spiro atoms. The molecule has 0 saturated heterocycles. The highest BCUT2D eigenvalue weighted by Gasteiger charge is 2.23. The summed E-state index contributed by atoms with van der Waals surface area (Å²) >= 11 is 1.57. The standard InChI is InChI=1S/C16H14N2O3S/c1-3-10-8-12-15(11-6-4-5-7-14(11)21-2)13(18(19)20)9-17-16(12)22-10/h4-9H,3H2,1-2H3. The van der Waals surface area contributed by atoms with Gasteiger partial charge in [0.25, 0.3) is 5.69 Å². The van der Waals surface area contributed by atoms with E-state index in [1.807, 2.05) is 24.3 Å². The molecule has 0 aliphatic heterocycles. The third-order valence-corrected chi connectivity index (χ3v) is 4.70. The van der Waals surface area contributed by atoms with Crippen LogP contribution in [0.1, 0.15) is 11.8 Å². The second kappa shape index (κ2) is 5.73. The molecule has 2 aromatic heterocycles. The van der Waals surface area contributed by atoms with Crippen LogP contribution in [0.5, 0.6) is 5.75 Å². The first-order valence-electron chi connectivity index (χ1n) is 6.85. The highest BCUT2D eigenvalue weighted by Crippen LogP contribution is 2.42. The van der Waals surface area contributed by atoms with Gasteiger partial charge >= 0.3 is 0 Å². The summed E-state index contributed by atoms with van der Waals surface area (Å²) < 4.78 is 5.38. The minimum Gasteiger partial charge on any atom is -0.496 e. The summed E-state index contributed by atoms with van der Waals surface area (Å²) in [6.45, 7) is 2.06. The van der Waals surface area contributed by atoms with Crippen molar-refractivity contribution in [1.82, 2.24) is 4.98 Å². The second-order valence-electron chi connectivity index (χ2n) is 4.76. The molecule has 0 unspecified atom stereocenters. The number of hydrogen-bond donors (Lipinski definition) is 0. The smallest absolute Gasteiger partial charge is 0.296 e. The van der Waals surface area contributed by atoms with E-state index in [0.717, 1.165) is 21.5 Å². The van der Waals surface area contributed by atoms with Crippen molar-refractivity contribution in [3.05, 3.63) is 51.5 Å². The molecule has 0 fully saturated rings. The zero-order valence-corrected chi connectivity index (χ0v) is 13.0. The normalized spacial score (nSPS) is 10.8. The van der Waals surface area contributed by atoms with Crippen LogP contribution in [0.4, 0.5) is 5.69 Å². The third kappa shape index (κ3) is 2.31. The van der Waals surface area contributed by atoms with E-state index in [9.17, 15) is 10.1 Å². The van der Waals surface area contributed by atoms with Crippen molar-refractivity contribution in [3.63, 3.8) is 0 Å². The molecule has 2 heterocycles. The Morgan fingerprint density at radius 2 is 2.14 bits per heavy atom. The Bertz CT molecular complexity index is 858. The molecule has 3 aromatic rings. The van der Waals surface area contributed by atoms with Gasteiger partial charge in [-0.25, -0.2) is 4.98 Å². The average Bonchev–Trinajstić information content (AvgIpc) is 2.97. The van der Waals surface area contributed by atoms with Crippen LogP contribution in [0, 0.1) is 10.1 Å². The van der Waals surface area contributed by atoms with Crippen molar-refractivity contribution >= 4 is 27.2 Å². The monoisotopic (exact) mass is 314 g/mol. The molecule has 0 radical (unpaired) electrons. The fourth-order valence-electron chi connectivity index (χ4n) is 2.48. The Balaban J connectivity index is 2.40. The van der Waals surface area contributed by atoms with Crippen LogP contribution in [-0.2, 0) is 6.42 Å². The molecule has 0 saturated carbocycles. The van der Waals surface area contributed by atoms with E-state index in [-0.39, 0.29) is 5.69 Å². The number of nitrogens with zero attached hydrogens (tertiary/aromatic N) is 2. The van der Waals surface area contributed by atoms with Crippen molar-refractivity contribution in [2.45, 2.75) is 13.3 Å². The minimum atomic E-state index is -0.391. The molecule has 0 bridgehead atoms. The summed E-state index contributed by atoms with van der Waals surface area (Å²) in [5.41, 5.74) is 1.28. The van der Waals surface area contributed by atoms with E-state index in [1.54, 1.807) is 24.5 Å². The molecule has 3 rings (SSSR count). The maximum Gasteiger partial charge on any atom is 0.296 e. The Morgan fingerprint density at radius 1 is 1.36 bits per heavy atom. The summed E-state index contributed by atoms with van der Waals surface area (Å²) in [7, 11) is 1.56. The summed E-state index contributed by atoms with van der Waals surface area (Å²) in [5.74, 6) is 0.613. The van der Waals surface area contributed by atoms with E-state index in [4.69, 9.17) is 4.74 Å². The van der Waals surface area contributed by atoms with Gasteiger partial charge in [0.05, 0.1) is 17.6 Å². The lowest BCUT2D eigenvalue weighted by Crippen LogP contribution is -1.95. The number of thiophene rings is 1. The maximum atomic E-state index is 11.4. The van der Waals surface area contributed by atoms with Crippen LogP contribution >= 0.6 is 11.3 Å². The Hall–Kier alpha value is -2.47. The molecule has 0 N–H and O–H groups in total. The van der Waals surface area contributed by atoms with Gasteiger partial charge in [-0.1, -0.05) is 25.1 Å². The molecule has 0 amide bonds. The number of aromatic nitrogens is 1. The number of hydrogen-bond acceptors (Lipinski definition) is 5. The average molecular weight is 314 g/mol. The van der Waals surface area contributed by atoms with Gasteiger partial charge in [0.15, 0.2) is 0 Å². The van der Waals surface area contributed by atoms with Gasteiger partial charge in [-0.3, -0.25) is 10.1 Å². The highest BCUT2D eigenvalue weighted by molar-refractivity contribution is 7.18. The quantitative estimate of drug-likeness (QED) is 0.527. The highest BCUT2D eigenvalue weighted by atomic mass is 32.1. The fraction of sp³-hybridized carbons (Fsp3) is 0.188. The first-order valence-corrected chi connectivity index (χ1v) is 7.66. The first kappa shape index (κ1) is 14.5. The molecular weight excluding hydrogens is 300 g/mol. The van der Waals surface area contributed by atoms with E-state index in [2.05, 4.69) is 11.9 Å². The van der Waals surface area contributed by atoms with E-state index in [1.165, 1.54) is 6.20 Å². The van der Waals surface area contributed by atoms with Crippen LogP contribution in [0.3, 0.4) is 0 Å². The number of pyridine rings is 1. The van der Waals surface area contributed by atoms with Gasteiger partial charge in [-0.15, -0.1) is 11.3 Å². The third-order valence-electron chi connectivity index (χ3n) is 3.51. The van der Waals surface area contributed by atoms with Gasteiger partial charge in [0.1, 0.15) is 16.8 Å². The predicted octanol–water partition coefficient (Wildman–Crippen LogP) is 4.44. The lowest BCUT2D eigenvalue weighted by molar-refractivity contribution is -0.384. The topological polar surface area (TPSA) is 65.3 Å². The van der Waals surface area contributed by atoms with Crippen molar-refractivity contribution in [3.8, 4) is 16.9 Å². The SMILES string of the molecule is CCc1cc2c(-c3ccccc3OC)c([N+](=O)[O-])cnc2s1. The molecule has 0 atom stereocenters. The van der Waals surface area contributed by atoms with Crippen molar-refractivity contribution < 1.29 is 9.66 Å². The second-order valence-corrected chi connectivity index (χ2v) is 5.88. The van der Waals surface area contributed by atoms with E-state index < -0.39 is 4.92 Å². The molecule has 0 aliphatic rings. The van der Waals surface area contributed by atoms with Crippen molar-refractivity contribution in [1.29, 1.82) is 0 Å².